The maximum atomic E-state index is 10.7. The molecule has 100 valence electrons. The van der Waals surface area contributed by atoms with E-state index in [-0.39, 0.29) is 5.01 Å². The fourth-order valence-electron chi connectivity index (χ4n) is 1.76. The monoisotopic (exact) mass is 276 g/mol. The lowest BCUT2D eigenvalue weighted by Crippen LogP contribution is -2.01. The molecule has 4 nitrogen and oxygen atoms in total. The molecule has 0 aliphatic heterocycles. The summed E-state index contributed by atoms with van der Waals surface area (Å²) >= 11 is 1.15. The van der Waals surface area contributed by atoms with E-state index in [1.807, 2.05) is 12.1 Å². The number of aromatic nitrogens is 1. The van der Waals surface area contributed by atoms with Crippen LogP contribution in [0, 0.1) is 0 Å². The van der Waals surface area contributed by atoms with E-state index in [1.54, 1.807) is 5.38 Å². The lowest BCUT2D eigenvalue weighted by molar-refractivity contribution is 0.0696. The van der Waals surface area contributed by atoms with E-state index in [4.69, 9.17) is 5.11 Å². The van der Waals surface area contributed by atoms with Gasteiger partial charge in [0.1, 0.15) is 0 Å². The van der Waals surface area contributed by atoms with Crippen LogP contribution in [-0.2, 0) is 13.0 Å². The number of aryl methyl sites for hydroxylation is 1. The third-order valence-corrected chi connectivity index (χ3v) is 3.58. The molecule has 2 aromatic rings. The lowest BCUT2D eigenvalue weighted by atomic mass is 10.1. The highest BCUT2D eigenvalue weighted by Crippen LogP contribution is 2.14. The van der Waals surface area contributed by atoms with Gasteiger partial charge >= 0.3 is 5.97 Å². The first-order valence-corrected chi connectivity index (χ1v) is 7.07. The average Bonchev–Trinajstić information content (AvgIpc) is 2.87. The second-order valence-electron chi connectivity index (χ2n) is 4.25. The molecule has 0 amide bonds. The number of aromatic carboxylic acids is 1. The SMILES string of the molecule is CCCc1ccc(NCc2csc(C(=O)O)n2)cc1. The van der Waals surface area contributed by atoms with Crippen LogP contribution in [0.4, 0.5) is 5.69 Å². The zero-order valence-corrected chi connectivity index (χ0v) is 11.5. The molecule has 0 atom stereocenters. The van der Waals surface area contributed by atoms with E-state index in [2.05, 4.69) is 29.4 Å². The van der Waals surface area contributed by atoms with Crippen molar-refractivity contribution in [2.24, 2.45) is 0 Å². The Morgan fingerprint density at radius 3 is 2.68 bits per heavy atom. The third-order valence-electron chi connectivity index (χ3n) is 2.70. The highest BCUT2D eigenvalue weighted by Gasteiger charge is 2.08. The van der Waals surface area contributed by atoms with Crippen molar-refractivity contribution < 1.29 is 9.90 Å². The van der Waals surface area contributed by atoms with Crippen LogP contribution in [0.25, 0.3) is 0 Å². The normalized spacial score (nSPS) is 10.4. The molecule has 0 bridgehead atoms. The molecule has 0 radical (unpaired) electrons. The van der Waals surface area contributed by atoms with Crippen LogP contribution in [0.3, 0.4) is 0 Å². The van der Waals surface area contributed by atoms with Crippen molar-refractivity contribution in [3.05, 3.63) is 45.9 Å². The van der Waals surface area contributed by atoms with Gasteiger partial charge in [-0.25, -0.2) is 9.78 Å². The minimum atomic E-state index is -0.972. The van der Waals surface area contributed by atoms with Crippen LogP contribution in [0.15, 0.2) is 29.6 Å². The Kier molecular flexibility index (Phi) is 4.52. The minimum Gasteiger partial charge on any atom is -0.476 e. The minimum absolute atomic E-state index is 0.134. The largest absolute Gasteiger partial charge is 0.476 e. The number of anilines is 1. The molecule has 5 heteroatoms. The van der Waals surface area contributed by atoms with Gasteiger partial charge in [-0.15, -0.1) is 11.3 Å². The molecule has 0 aliphatic rings. The Balaban J connectivity index is 1.92. The maximum absolute atomic E-state index is 10.7. The Bertz CT molecular complexity index is 549. The van der Waals surface area contributed by atoms with Crippen LogP contribution in [0.5, 0.6) is 0 Å². The summed E-state index contributed by atoms with van der Waals surface area (Å²) in [5.41, 5.74) is 3.10. The first kappa shape index (κ1) is 13.5. The smallest absolute Gasteiger partial charge is 0.365 e. The van der Waals surface area contributed by atoms with Crippen LogP contribution < -0.4 is 5.32 Å². The molecule has 1 aromatic carbocycles. The van der Waals surface area contributed by atoms with Crippen molar-refractivity contribution in [3.63, 3.8) is 0 Å². The molecule has 0 saturated carbocycles. The van der Waals surface area contributed by atoms with Crippen molar-refractivity contribution in [2.75, 3.05) is 5.32 Å². The predicted octanol–water partition coefficient (Wildman–Crippen LogP) is 3.41. The summed E-state index contributed by atoms with van der Waals surface area (Å²) in [6.45, 7) is 2.70. The highest BCUT2D eigenvalue weighted by atomic mass is 32.1. The number of benzene rings is 1. The van der Waals surface area contributed by atoms with E-state index >= 15 is 0 Å². The van der Waals surface area contributed by atoms with Crippen molar-refractivity contribution in [1.29, 1.82) is 0 Å². The van der Waals surface area contributed by atoms with Gasteiger partial charge in [-0.3, -0.25) is 0 Å². The van der Waals surface area contributed by atoms with E-state index in [0.29, 0.717) is 6.54 Å². The van der Waals surface area contributed by atoms with E-state index < -0.39 is 5.97 Å². The number of rotatable bonds is 6. The summed E-state index contributed by atoms with van der Waals surface area (Å²) in [7, 11) is 0. The number of hydrogen-bond donors (Lipinski definition) is 2. The molecule has 1 aromatic heterocycles. The second kappa shape index (κ2) is 6.33. The first-order chi connectivity index (χ1) is 9.19. The van der Waals surface area contributed by atoms with Gasteiger partial charge in [0.05, 0.1) is 12.2 Å². The molecule has 2 rings (SSSR count). The average molecular weight is 276 g/mol. The Hall–Kier alpha value is -1.88. The predicted molar refractivity (Wildman–Crippen MR) is 76.8 cm³/mol. The highest BCUT2D eigenvalue weighted by molar-refractivity contribution is 7.11. The van der Waals surface area contributed by atoms with E-state index in [0.717, 1.165) is 35.6 Å². The molecule has 19 heavy (non-hydrogen) atoms. The van der Waals surface area contributed by atoms with Crippen LogP contribution >= 0.6 is 11.3 Å². The van der Waals surface area contributed by atoms with Crippen molar-refractivity contribution in [1.82, 2.24) is 4.98 Å². The number of nitrogens with one attached hydrogen (secondary N) is 1. The molecule has 0 spiro atoms. The van der Waals surface area contributed by atoms with E-state index in [9.17, 15) is 4.79 Å². The Morgan fingerprint density at radius 1 is 1.37 bits per heavy atom. The van der Waals surface area contributed by atoms with E-state index in [1.165, 1.54) is 5.56 Å². The van der Waals surface area contributed by atoms with Crippen LogP contribution in [0.2, 0.25) is 0 Å². The Morgan fingerprint density at radius 2 is 2.11 bits per heavy atom. The number of nitrogens with zero attached hydrogens (tertiary/aromatic N) is 1. The van der Waals surface area contributed by atoms with Gasteiger partial charge in [0.2, 0.25) is 5.01 Å². The summed E-state index contributed by atoms with van der Waals surface area (Å²) in [4.78, 5) is 14.7. The molecular formula is C14H16N2O2S. The van der Waals surface area contributed by atoms with Gasteiger partial charge in [-0.2, -0.15) is 0 Å². The van der Waals surface area contributed by atoms with Crippen LogP contribution in [-0.4, -0.2) is 16.1 Å². The van der Waals surface area contributed by atoms with Gasteiger partial charge < -0.3 is 10.4 Å². The lowest BCUT2D eigenvalue weighted by Gasteiger charge is -2.05. The van der Waals surface area contributed by atoms with Gasteiger partial charge in [0.15, 0.2) is 0 Å². The quantitative estimate of drug-likeness (QED) is 0.848. The summed E-state index contributed by atoms with van der Waals surface area (Å²) in [6, 6.07) is 8.29. The number of carboxylic acid groups (broad SMARTS) is 1. The molecule has 0 unspecified atom stereocenters. The standard InChI is InChI=1S/C14H16N2O2S/c1-2-3-10-4-6-11(7-5-10)15-8-12-9-19-13(16-12)14(17)18/h4-7,9,15H,2-3,8H2,1H3,(H,17,18). The van der Waals surface area contributed by atoms with Gasteiger partial charge in [-0.1, -0.05) is 25.5 Å². The number of hydrogen-bond acceptors (Lipinski definition) is 4. The second-order valence-corrected chi connectivity index (χ2v) is 5.11. The summed E-state index contributed by atoms with van der Waals surface area (Å²) < 4.78 is 0. The van der Waals surface area contributed by atoms with Gasteiger partial charge in [-0.05, 0) is 24.1 Å². The fraction of sp³-hybridized carbons (Fsp3) is 0.286. The molecular weight excluding hydrogens is 260 g/mol. The molecule has 0 fully saturated rings. The summed E-state index contributed by atoms with van der Waals surface area (Å²) in [5, 5.41) is 13.9. The Labute approximate surface area is 116 Å². The molecule has 0 aliphatic carbocycles. The zero-order valence-electron chi connectivity index (χ0n) is 10.7. The van der Waals surface area contributed by atoms with Gasteiger partial charge in [0.25, 0.3) is 0 Å². The number of thiazole rings is 1. The zero-order chi connectivity index (χ0) is 13.7. The summed E-state index contributed by atoms with van der Waals surface area (Å²) in [5.74, 6) is -0.972. The molecule has 0 saturated heterocycles. The van der Waals surface area contributed by atoms with Crippen molar-refractivity contribution in [2.45, 2.75) is 26.3 Å². The molecule has 1 heterocycles. The number of carbonyl (C=O) groups is 1. The van der Waals surface area contributed by atoms with Crippen molar-refractivity contribution in [3.8, 4) is 0 Å². The van der Waals surface area contributed by atoms with Gasteiger partial charge in [0, 0.05) is 11.1 Å². The number of carboxylic acids is 1. The topological polar surface area (TPSA) is 62.2 Å². The third kappa shape index (κ3) is 3.79. The molecule has 2 N–H and O–H groups in total. The maximum Gasteiger partial charge on any atom is 0.365 e. The first-order valence-electron chi connectivity index (χ1n) is 6.19. The van der Waals surface area contributed by atoms with Crippen LogP contribution in [0.1, 0.15) is 34.4 Å². The summed E-state index contributed by atoms with van der Waals surface area (Å²) in [6.07, 6.45) is 2.23. The fourth-order valence-corrected chi connectivity index (χ4v) is 2.41. The van der Waals surface area contributed by atoms with Crippen molar-refractivity contribution >= 4 is 23.0 Å².